The van der Waals surface area contributed by atoms with Crippen molar-refractivity contribution in [3.63, 3.8) is 0 Å². The van der Waals surface area contributed by atoms with Crippen molar-refractivity contribution in [2.75, 3.05) is 6.54 Å². The second-order valence-corrected chi connectivity index (χ2v) is 6.15. The van der Waals surface area contributed by atoms with E-state index in [0.717, 1.165) is 6.42 Å². The van der Waals surface area contributed by atoms with Crippen molar-refractivity contribution in [2.24, 2.45) is 17.6 Å². The molecule has 22 heavy (non-hydrogen) atoms. The second-order valence-electron chi connectivity index (χ2n) is 6.15. The van der Waals surface area contributed by atoms with E-state index in [-0.39, 0.29) is 41.8 Å². The monoisotopic (exact) mass is 332 g/mol. The molecule has 1 aliphatic carbocycles. The first-order valence-corrected chi connectivity index (χ1v) is 7.38. The molecule has 0 aromatic heterocycles. The zero-order valence-corrected chi connectivity index (χ0v) is 13.6. The van der Waals surface area contributed by atoms with Gasteiger partial charge in [-0.05, 0) is 30.9 Å². The Hall–Kier alpha value is -1.20. The van der Waals surface area contributed by atoms with Crippen LogP contribution in [-0.4, -0.2) is 18.5 Å². The number of halogens is 3. The van der Waals surface area contributed by atoms with Crippen molar-refractivity contribution in [1.29, 1.82) is 0 Å². The first-order valence-electron chi connectivity index (χ1n) is 7.38. The van der Waals surface area contributed by atoms with Gasteiger partial charge >= 0.3 is 0 Å². The SMILES string of the molecule is CC(C)CC(CN)NC(=O)C1CC1c1c(F)cccc1F.Cl. The molecule has 2 rings (SSSR count). The third-order valence-electron chi connectivity index (χ3n) is 3.88. The summed E-state index contributed by atoms with van der Waals surface area (Å²) in [7, 11) is 0. The van der Waals surface area contributed by atoms with Gasteiger partial charge in [0.1, 0.15) is 11.6 Å². The third-order valence-corrected chi connectivity index (χ3v) is 3.88. The number of benzene rings is 1. The zero-order valence-electron chi connectivity index (χ0n) is 12.8. The van der Waals surface area contributed by atoms with Gasteiger partial charge in [0.2, 0.25) is 5.91 Å². The van der Waals surface area contributed by atoms with Crippen LogP contribution in [0.15, 0.2) is 18.2 Å². The molecule has 0 heterocycles. The van der Waals surface area contributed by atoms with Crippen LogP contribution >= 0.6 is 12.4 Å². The smallest absolute Gasteiger partial charge is 0.224 e. The van der Waals surface area contributed by atoms with Crippen LogP contribution in [0.5, 0.6) is 0 Å². The van der Waals surface area contributed by atoms with Crippen LogP contribution in [0.2, 0.25) is 0 Å². The Morgan fingerprint density at radius 1 is 1.36 bits per heavy atom. The van der Waals surface area contributed by atoms with Crippen molar-refractivity contribution in [2.45, 2.75) is 38.6 Å². The summed E-state index contributed by atoms with van der Waals surface area (Å²) in [5, 5.41) is 2.89. The van der Waals surface area contributed by atoms with E-state index < -0.39 is 11.6 Å². The highest BCUT2D eigenvalue weighted by Crippen LogP contribution is 2.49. The minimum atomic E-state index is -0.576. The molecule has 3 unspecified atom stereocenters. The van der Waals surface area contributed by atoms with E-state index in [1.54, 1.807) is 0 Å². The highest BCUT2D eigenvalue weighted by molar-refractivity contribution is 5.85. The van der Waals surface area contributed by atoms with Gasteiger partial charge in [-0.2, -0.15) is 0 Å². The highest BCUT2D eigenvalue weighted by atomic mass is 35.5. The highest BCUT2D eigenvalue weighted by Gasteiger charge is 2.46. The maximum absolute atomic E-state index is 13.7. The Balaban J connectivity index is 0.00000242. The van der Waals surface area contributed by atoms with Gasteiger partial charge in [0.25, 0.3) is 0 Å². The first kappa shape index (κ1) is 18.8. The predicted molar refractivity (Wildman–Crippen MR) is 84.9 cm³/mol. The van der Waals surface area contributed by atoms with Crippen molar-refractivity contribution in [3.05, 3.63) is 35.4 Å². The van der Waals surface area contributed by atoms with E-state index in [4.69, 9.17) is 5.73 Å². The zero-order chi connectivity index (χ0) is 15.6. The molecule has 3 N–H and O–H groups in total. The van der Waals surface area contributed by atoms with Gasteiger partial charge in [0.15, 0.2) is 0 Å². The molecule has 3 nitrogen and oxygen atoms in total. The normalized spacial score (nSPS) is 21.2. The van der Waals surface area contributed by atoms with Crippen molar-refractivity contribution in [1.82, 2.24) is 5.32 Å². The molecule has 3 atom stereocenters. The van der Waals surface area contributed by atoms with E-state index in [1.165, 1.54) is 18.2 Å². The Morgan fingerprint density at radius 2 is 1.95 bits per heavy atom. The maximum atomic E-state index is 13.7. The van der Waals surface area contributed by atoms with Crippen LogP contribution in [0.1, 0.15) is 38.2 Å². The fourth-order valence-corrected chi connectivity index (χ4v) is 2.76. The number of nitrogens with one attached hydrogen (secondary N) is 1. The Bertz CT molecular complexity index is 505. The fourth-order valence-electron chi connectivity index (χ4n) is 2.76. The van der Waals surface area contributed by atoms with Crippen molar-refractivity contribution in [3.8, 4) is 0 Å². The molecule has 1 amide bonds. The van der Waals surface area contributed by atoms with Crippen molar-refractivity contribution >= 4 is 18.3 Å². The second kappa shape index (κ2) is 7.88. The van der Waals surface area contributed by atoms with Crippen LogP contribution in [-0.2, 0) is 4.79 Å². The lowest BCUT2D eigenvalue weighted by Crippen LogP contribution is -2.42. The van der Waals surface area contributed by atoms with Gasteiger partial charge in [-0.15, -0.1) is 12.4 Å². The van der Waals surface area contributed by atoms with Gasteiger partial charge in [0.05, 0.1) is 0 Å². The molecule has 0 aliphatic heterocycles. The van der Waals surface area contributed by atoms with E-state index >= 15 is 0 Å². The van der Waals surface area contributed by atoms with Gasteiger partial charge < -0.3 is 11.1 Å². The van der Waals surface area contributed by atoms with Crippen LogP contribution in [0, 0.1) is 23.5 Å². The minimum absolute atomic E-state index is 0. The molecule has 0 spiro atoms. The molecule has 1 aromatic rings. The van der Waals surface area contributed by atoms with Crippen LogP contribution in [0.4, 0.5) is 8.78 Å². The summed E-state index contributed by atoms with van der Waals surface area (Å²) >= 11 is 0. The average Bonchev–Trinajstić information content (AvgIpc) is 3.17. The molecular weight excluding hydrogens is 310 g/mol. The molecule has 0 saturated heterocycles. The number of hydrogen-bond acceptors (Lipinski definition) is 2. The van der Waals surface area contributed by atoms with Gasteiger partial charge in [-0.25, -0.2) is 8.78 Å². The largest absolute Gasteiger partial charge is 0.352 e. The van der Waals surface area contributed by atoms with Crippen LogP contribution < -0.4 is 11.1 Å². The summed E-state index contributed by atoms with van der Waals surface area (Å²) in [6.07, 6.45) is 1.29. The lowest BCUT2D eigenvalue weighted by Gasteiger charge is -2.18. The molecule has 0 bridgehead atoms. The summed E-state index contributed by atoms with van der Waals surface area (Å²) < 4.78 is 27.4. The number of hydrogen-bond donors (Lipinski definition) is 2. The summed E-state index contributed by atoms with van der Waals surface area (Å²) in [5.74, 6) is -1.58. The maximum Gasteiger partial charge on any atom is 0.224 e. The third kappa shape index (κ3) is 4.40. The van der Waals surface area contributed by atoms with Gasteiger partial charge in [-0.3, -0.25) is 4.79 Å². The molecule has 1 fully saturated rings. The predicted octanol–water partition coefficient (Wildman–Crippen LogP) is 2.98. The Morgan fingerprint density at radius 3 is 2.45 bits per heavy atom. The molecular formula is C16H23ClF2N2O. The van der Waals surface area contributed by atoms with Crippen LogP contribution in [0.25, 0.3) is 0 Å². The van der Waals surface area contributed by atoms with E-state index in [0.29, 0.717) is 18.9 Å². The number of amides is 1. The van der Waals surface area contributed by atoms with Gasteiger partial charge in [0, 0.05) is 30.0 Å². The number of rotatable bonds is 6. The molecule has 1 aromatic carbocycles. The van der Waals surface area contributed by atoms with Crippen molar-refractivity contribution < 1.29 is 13.6 Å². The Kier molecular flexibility index (Phi) is 6.75. The van der Waals surface area contributed by atoms with Gasteiger partial charge in [-0.1, -0.05) is 19.9 Å². The standard InChI is InChI=1S/C16H22F2N2O.ClH/c1-9(2)6-10(8-19)20-16(21)12-7-11(12)15-13(17)4-3-5-14(15)18;/h3-5,9-12H,6-8,19H2,1-2H3,(H,20,21);1H. The molecule has 1 saturated carbocycles. The quantitative estimate of drug-likeness (QED) is 0.841. The average molecular weight is 333 g/mol. The number of nitrogens with two attached hydrogens (primary N) is 1. The van der Waals surface area contributed by atoms with E-state index in [2.05, 4.69) is 19.2 Å². The lowest BCUT2D eigenvalue weighted by molar-refractivity contribution is -0.123. The summed E-state index contributed by atoms with van der Waals surface area (Å²) in [6, 6.07) is 3.71. The molecule has 0 radical (unpaired) electrons. The van der Waals surface area contributed by atoms with E-state index in [9.17, 15) is 13.6 Å². The lowest BCUT2D eigenvalue weighted by atomic mass is 10.0. The first-order chi connectivity index (χ1) is 9.93. The number of carbonyl (C=O) groups excluding carboxylic acids is 1. The summed E-state index contributed by atoms with van der Waals surface area (Å²) in [5.41, 5.74) is 5.68. The fraction of sp³-hybridized carbons (Fsp3) is 0.562. The molecule has 1 aliphatic rings. The molecule has 124 valence electrons. The number of carbonyl (C=O) groups is 1. The minimum Gasteiger partial charge on any atom is -0.352 e. The summed E-state index contributed by atoms with van der Waals surface area (Å²) in [4.78, 5) is 12.2. The van der Waals surface area contributed by atoms with E-state index in [1.807, 2.05) is 0 Å². The molecule has 6 heteroatoms. The summed E-state index contributed by atoms with van der Waals surface area (Å²) in [6.45, 7) is 4.49. The topological polar surface area (TPSA) is 55.1 Å². The Labute approximate surface area is 136 Å². The van der Waals surface area contributed by atoms with Crippen LogP contribution in [0.3, 0.4) is 0 Å².